The predicted octanol–water partition coefficient (Wildman–Crippen LogP) is 14.2. The molecule has 2 heteroatoms. The van der Waals surface area contributed by atoms with Gasteiger partial charge in [0.1, 0.15) is 6.10 Å². The van der Waals surface area contributed by atoms with Gasteiger partial charge in [0.2, 0.25) is 0 Å². The van der Waals surface area contributed by atoms with Crippen molar-refractivity contribution in [3.63, 3.8) is 0 Å². The summed E-state index contributed by atoms with van der Waals surface area (Å²) in [4.78, 5) is 12.6. The maximum Gasteiger partial charge on any atom is 0.306 e. The first-order valence-electron chi connectivity index (χ1n) is 19.2. The molecule has 0 aromatic carbocycles. The molecular formula is C40H76O2. The Labute approximate surface area is 265 Å². The van der Waals surface area contributed by atoms with Crippen LogP contribution in [0, 0.1) is 0 Å². The molecule has 0 fully saturated rings. The number of ether oxygens (including phenoxy) is 1. The zero-order valence-electron chi connectivity index (χ0n) is 29.0. The van der Waals surface area contributed by atoms with Crippen molar-refractivity contribution in [1.29, 1.82) is 0 Å². The molecule has 248 valence electrons. The number of rotatable bonds is 35. The van der Waals surface area contributed by atoms with E-state index in [-0.39, 0.29) is 12.1 Å². The van der Waals surface area contributed by atoms with Gasteiger partial charge in [-0.05, 0) is 70.6 Å². The van der Waals surface area contributed by atoms with E-state index in [0.29, 0.717) is 6.42 Å². The van der Waals surface area contributed by atoms with Gasteiger partial charge in [0.15, 0.2) is 0 Å². The Morgan fingerprint density at radius 2 is 0.857 bits per heavy atom. The van der Waals surface area contributed by atoms with E-state index in [1.54, 1.807) is 0 Å². The SMILES string of the molecule is C=CCCCCCCC(CCCCCCCCC)OC(=O)CCCCCCCCCCCC=CCCCCCCCC. The van der Waals surface area contributed by atoms with E-state index in [1.165, 1.54) is 173 Å². The first-order chi connectivity index (χ1) is 20.7. The summed E-state index contributed by atoms with van der Waals surface area (Å²) in [6.07, 6.45) is 47.5. The van der Waals surface area contributed by atoms with Gasteiger partial charge in [-0.25, -0.2) is 0 Å². The second kappa shape index (κ2) is 36.1. The zero-order valence-corrected chi connectivity index (χ0v) is 29.0. The lowest BCUT2D eigenvalue weighted by Crippen LogP contribution is -2.18. The highest BCUT2D eigenvalue weighted by Gasteiger charge is 2.14. The summed E-state index contributed by atoms with van der Waals surface area (Å²) < 4.78 is 6.00. The molecule has 0 aliphatic heterocycles. The topological polar surface area (TPSA) is 26.3 Å². The first-order valence-corrected chi connectivity index (χ1v) is 19.2. The molecule has 0 heterocycles. The monoisotopic (exact) mass is 589 g/mol. The second-order valence-electron chi connectivity index (χ2n) is 13.1. The molecule has 0 aromatic rings. The smallest absolute Gasteiger partial charge is 0.306 e. The molecule has 0 amide bonds. The lowest BCUT2D eigenvalue weighted by atomic mass is 10.0. The highest BCUT2D eigenvalue weighted by Crippen LogP contribution is 2.19. The van der Waals surface area contributed by atoms with E-state index in [2.05, 4.69) is 32.6 Å². The lowest BCUT2D eigenvalue weighted by Gasteiger charge is -2.18. The van der Waals surface area contributed by atoms with Crippen molar-refractivity contribution in [2.75, 3.05) is 0 Å². The standard InChI is InChI=1S/C40H76O2/c1-4-7-10-13-16-17-18-19-20-21-22-23-24-25-26-27-29-32-35-38-40(41)42-39(36-33-30-15-12-9-6-3)37-34-31-28-14-11-8-5-2/h6,19-20,39H,3-5,7-18,21-38H2,1-2H3. The van der Waals surface area contributed by atoms with Crippen molar-refractivity contribution in [3.8, 4) is 0 Å². The summed E-state index contributed by atoms with van der Waals surface area (Å²) in [6, 6.07) is 0. The number of carbonyl (C=O) groups is 1. The van der Waals surface area contributed by atoms with Crippen LogP contribution in [0.25, 0.3) is 0 Å². The number of esters is 1. The number of allylic oxidation sites excluding steroid dienone is 3. The fraction of sp³-hybridized carbons (Fsp3) is 0.875. The van der Waals surface area contributed by atoms with Crippen LogP contribution in [0.15, 0.2) is 24.8 Å². The van der Waals surface area contributed by atoms with Crippen LogP contribution < -0.4 is 0 Å². The number of unbranched alkanes of at least 4 members (excludes halogenated alkanes) is 25. The molecule has 0 rings (SSSR count). The summed E-state index contributed by atoms with van der Waals surface area (Å²) in [6.45, 7) is 8.38. The Morgan fingerprint density at radius 3 is 1.29 bits per heavy atom. The van der Waals surface area contributed by atoms with Gasteiger partial charge in [-0.2, -0.15) is 0 Å². The van der Waals surface area contributed by atoms with E-state index in [4.69, 9.17) is 4.74 Å². The maximum atomic E-state index is 12.6. The molecule has 1 unspecified atom stereocenters. The minimum Gasteiger partial charge on any atom is -0.462 e. The Bertz CT molecular complexity index is 566. The molecule has 0 aliphatic carbocycles. The van der Waals surface area contributed by atoms with Crippen molar-refractivity contribution >= 4 is 5.97 Å². The van der Waals surface area contributed by atoms with Crippen LogP contribution in [0.3, 0.4) is 0 Å². The zero-order chi connectivity index (χ0) is 30.6. The minimum atomic E-state index is 0.0515. The Kier molecular flexibility index (Phi) is 35.2. The van der Waals surface area contributed by atoms with Crippen LogP contribution in [-0.2, 0) is 9.53 Å². The molecule has 0 aliphatic rings. The summed E-state index contributed by atoms with van der Waals surface area (Å²) in [7, 11) is 0. The summed E-state index contributed by atoms with van der Waals surface area (Å²) in [5, 5.41) is 0. The fourth-order valence-electron chi connectivity index (χ4n) is 5.90. The van der Waals surface area contributed by atoms with Crippen LogP contribution in [0.1, 0.15) is 219 Å². The maximum absolute atomic E-state index is 12.6. The molecule has 0 saturated carbocycles. The summed E-state index contributed by atoms with van der Waals surface area (Å²) in [5.41, 5.74) is 0. The van der Waals surface area contributed by atoms with Gasteiger partial charge in [0.25, 0.3) is 0 Å². The van der Waals surface area contributed by atoms with Crippen molar-refractivity contribution < 1.29 is 9.53 Å². The quantitative estimate of drug-likeness (QED) is 0.0418. The van der Waals surface area contributed by atoms with Gasteiger partial charge in [-0.1, -0.05) is 160 Å². The minimum absolute atomic E-state index is 0.0515. The largest absolute Gasteiger partial charge is 0.462 e. The number of carbonyl (C=O) groups excluding carboxylic acids is 1. The number of hydrogen-bond acceptors (Lipinski definition) is 2. The van der Waals surface area contributed by atoms with Crippen LogP contribution in [0.4, 0.5) is 0 Å². The molecule has 1 atom stereocenters. The van der Waals surface area contributed by atoms with E-state index in [9.17, 15) is 4.79 Å². The summed E-state index contributed by atoms with van der Waals surface area (Å²) >= 11 is 0. The molecule has 2 nitrogen and oxygen atoms in total. The Balaban J connectivity index is 3.76. The van der Waals surface area contributed by atoms with E-state index in [0.717, 1.165) is 25.7 Å². The Hall–Kier alpha value is -1.05. The predicted molar refractivity (Wildman–Crippen MR) is 188 cm³/mol. The Morgan fingerprint density at radius 1 is 0.500 bits per heavy atom. The van der Waals surface area contributed by atoms with Gasteiger partial charge in [-0.15, -0.1) is 6.58 Å². The highest BCUT2D eigenvalue weighted by atomic mass is 16.5. The highest BCUT2D eigenvalue weighted by molar-refractivity contribution is 5.69. The molecule has 0 spiro atoms. The third-order valence-electron chi connectivity index (χ3n) is 8.75. The fourth-order valence-corrected chi connectivity index (χ4v) is 5.90. The van der Waals surface area contributed by atoms with E-state index in [1.807, 2.05) is 6.08 Å². The molecular weight excluding hydrogens is 512 g/mol. The molecule has 0 N–H and O–H groups in total. The van der Waals surface area contributed by atoms with E-state index >= 15 is 0 Å². The third-order valence-corrected chi connectivity index (χ3v) is 8.75. The van der Waals surface area contributed by atoms with Crippen molar-refractivity contribution in [2.24, 2.45) is 0 Å². The molecule has 42 heavy (non-hydrogen) atoms. The number of hydrogen-bond donors (Lipinski definition) is 0. The van der Waals surface area contributed by atoms with Crippen LogP contribution in [0.2, 0.25) is 0 Å². The average molecular weight is 589 g/mol. The molecule has 0 radical (unpaired) electrons. The third kappa shape index (κ3) is 33.5. The van der Waals surface area contributed by atoms with E-state index < -0.39 is 0 Å². The normalized spacial score (nSPS) is 12.2. The van der Waals surface area contributed by atoms with Crippen LogP contribution >= 0.6 is 0 Å². The van der Waals surface area contributed by atoms with Gasteiger partial charge >= 0.3 is 5.97 Å². The van der Waals surface area contributed by atoms with Gasteiger partial charge < -0.3 is 4.74 Å². The van der Waals surface area contributed by atoms with Crippen LogP contribution in [-0.4, -0.2) is 12.1 Å². The van der Waals surface area contributed by atoms with Gasteiger partial charge in [-0.3, -0.25) is 4.79 Å². The second-order valence-corrected chi connectivity index (χ2v) is 13.1. The molecule has 0 bridgehead atoms. The lowest BCUT2D eigenvalue weighted by molar-refractivity contribution is -0.150. The molecule has 0 saturated heterocycles. The average Bonchev–Trinajstić information content (AvgIpc) is 2.99. The van der Waals surface area contributed by atoms with Crippen molar-refractivity contribution in [3.05, 3.63) is 24.8 Å². The molecule has 0 aromatic heterocycles. The van der Waals surface area contributed by atoms with Gasteiger partial charge in [0.05, 0.1) is 0 Å². The van der Waals surface area contributed by atoms with Gasteiger partial charge in [0, 0.05) is 6.42 Å². The van der Waals surface area contributed by atoms with Crippen molar-refractivity contribution in [2.45, 2.75) is 225 Å². The van der Waals surface area contributed by atoms with Crippen molar-refractivity contribution in [1.82, 2.24) is 0 Å². The first kappa shape index (κ1) is 41.0. The summed E-state index contributed by atoms with van der Waals surface area (Å²) in [5.74, 6) is 0.0515. The van der Waals surface area contributed by atoms with Crippen LogP contribution in [0.5, 0.6) is 0 Å².